The first-order valence-corrected chi connectivity index (χ1v) is 5.83. The molecule has 0 heterocycles. The van der Waals surface area contributed by atoms with Crippen LogP contribution in [0.1, 0.15) is 19.4 Å². The maximum Gasteiger partial charge on any atom is 0.216 e. The van der Waals surface area contributed by atoms with Gasteiger partial charge >= 0.3 is 0 Å². The summed E-state index contributed by atoms with van der Waals surface area (Å²) in [6.07, 6.45) is 0. The van der Waals surface area contributed by atoms with Gasteiger partial charge in [-0.25, -0.2) is 0 Å². The number of halogens is 3. The molecule has 0 bridgehead atoms. The largest absolute Gasteiger partial charge is 0.493 e. The van der Waals surface area contributed by atoms with Crippen molar-refractivity contribution >= 4 is 34.8 Å². The van der Waals surface area contributed by atoms with Crippen LogP contribution in [-0.4, -0.2) is 6.61 Å². The molecule has 0 aliphatic heterocycles. The number of ether oxygens (including phenoxy) is 1. The van der Waals surface area contributed by atoms with Gasteiger partial charge in [0.1, 0.15) is 5.75 Å². The third kappa shape index (κ3) is 4.50. The molecular formula is C11H13Cl3O. The van der Waals surface area contributed by atoms with Gasteiger partial charge in [-0.3, -0.25) is 0 Å². The fourth-order valence-electron chi connectivity index (χ4n) is 1.03. The van der Waals surface area contributed by atoms with Crippen molar-refractivity contribution < 1.29 is 4.74 Å². The van der Waals surface area contributed by atoms with Crippen LogP contribution in [0.3, 0.4) is 0 Å². The van der Waals surface area contributed by atoms with Gasteiger partial charge in [0.25, 0.3) is 0 Å². The topological polar surface area (TPSA) is 9.23 Å². The van der Waals surface area contributed by atoms with Gasteiger partial charge in [0.05, 0.1) is 6.61 Å². The first kappa shape index (κ1) is 13.0. The number of hydrogen-bond acceptors (Lipinski definition) is 1. The van der Waals surface area contributed by atoms with Crippen molar-refractivity contribution in [2.24, 2.45) is 5.92 Å². The Labute approximate surface area is 105 Å². The molecule has 0 aromatic heterocycles. The summed E-state index contributed by atoms with van der Waals surface area (Å²) >= 11 is 17.3. The summed E-state index contributed by atoms with van der Waals surface area (Å²) < 4.78 is 4.14. The molecule has 1 rings (SSSR count). The summed E-state index contributed by atoms with van der Waals surface area (Å²) in [4.78, 5) is 0. The molecule has 0 saturated heterocycles. The van der Waals surface area contributed by atoms with E-state index in [-0.39, 0.29) is 0 Å². The van der Waals surface area contributed by atoms with Crippen molar-refractivity contribution in [1.82, 2.24) is 0 Å². The second kappa shape index (κ2) is 5.29. The quantitative estimate of drug-likeness (QED) is 0.730. The summed E-state index contributed by atoms with van der Waals surface area (Å²) in [7, 11) is 0. The van der Waals surface area contributed by atoms with Crippen molar-refractivity contribution in [3.63, 3.8) is 0 Å². The van der Waals surface area contributed by atoms with E-state index in [1.807, 2.05) is 12.1 Å². The van der Waals surface area contributed by atoms with Gasteiger partial charge in [0.2, 0.25) is 3.79 Å². The zero-order valence-electron chi connectivity index (χ0n) is 8.64. The van der Waals surface area contributed by atoms with Gasteiger partial charge in [-0.1, -0.05) is 60.8 Å². The molecular weight excluding hydrogens is 254 g/mol. The molecule has 0 fully saturated rings. The Hall–Kier alpha value is -0.110. The Morgan fingerprint density at radius 1 is 1.27 bits per heavy atom. The smallest absolute Gasteiger partial charge is 0.216 e. The summed E-state index contributed by atoms with van der Waals surface area (Å²) in [5.74, 6) is 1.20. The zero-order valence-corrected chi connectivity index (χ0v) is 10.9. The van der Waals surface area contributed by atoms with Crippen molar-refractivity contribution in [2.75, 3.05) is 6.61 Å². The minimum absolute atomic E-state index is 0.474. The molecule has 0 aliphatic rings. The standard InChI is InChI=1S/C11H13Cl3O/c1-8(2)7-15-10-5-3-4-9(6-10)11(12,13)14/h3-6,8H,7H2,1-2H3. The lowest BCUT2D eigenvalue weighted by atomic mass is 10.2. The lowest BCUT2D eigenvalue weighted by Crippen LogP contribution is -2.06. The van der Waals surface area contributed by atoms with Crippen LogP contribution < -0.4 is 4.74 Å². The molecule has 0 radical (unpaired) electrons. The Morgan fingerprint density at radius 3 is 2.47 bits per heavy atom. The first-order chi connectivity index (χ1) is 6.89. The predicted octanol–water partition coefficient (Wildman–Crippen LogP) is 4.55. The SMILES string of the molecule is CC(C)COc1cccc(C(Cl)(Cl)Cl)c1. The summed E-state index contributed by atoms with van der Waals surface area (Å²) in [5.41, 5.74) is 0.619. The average Bonchev–Trinajstić information content (AvgIpc) is 2.14. The third-order valence-corrected chi connectivity index (χ3v) is 2.40. The maximum atomic E-state index is 5.77. The van der Waals surface area contributed by atoms with Gasteiger partial charge in [0, 0.05) is 5.56 Å². The molecule has 0 aliphatic carbocycles. The fourth-order valence-corrected chi connectivity index (χ4v) is 1.38. The van der Waals surface area contributed by atoms with Crippen LogP contribution in [0, 0.1) is 5.92 Å². The monoisotopic (exact) mass is 266 g/mol. The van der Waals surface area contributed by atoms with E-state index in [0.717, 1.165) is 5.75 Å². The Balaban J connectivity index is 2.75. The average molecular weight is 268 g/mol. The lowest BCUT2D eigenvalue weighted by molar-refractivity contribution is 0.271. The van der Waals surface area contributed by atoms with Crippen molar-refractivity contribution in [2.45, 2.75) is 17.6 Å². The molecule has 0 N–H and O–H groups in total. The Kier molecular flexibility index (Phi) is 4.57. The molecule has 0 spiro atoms. The van der Waals surface area contributed by atoms with E-state index in [4.69, 9.17) is 39.5 Å². The van der Waals surface area contributed by atoms with E-state index >= 15 is 0 Å². The van der Waals surface area contributed by atoms with E-state index < -0.39 is 3.79 Å². The number of rotatable bonds is 3. The third-order valence-electron chi connectivity index (χ3n) is 1.74. The Morgan fingerprint density at radius 2 is 1.93 bits per heavy atom. The first-order valence-electron chi connectivity index (χ1n) is 4.69. The Bertz CT molecular complexity index is 318. The van der Waals surface area contributed by atoms with Gasteiger partial charge in [0.15, 0.2) is 0 Å². The van der Waals surface area contributed by atoms with Crippen LogP contribution in [0.4, 0.5) is 0 Å². The van der Waals surface area contributed by atoms with Crippen molar-refractivity contribution in [3.8, 4) is 5.75 Å². The minimum Gasteiger partial charge on any atom is -0.493 e. The second-order valence-corrected chi connectivity index (χ2v) is 6.01. The number of alkyl halides is 3. The highest BCUT2D eigenvalue weighted by molar-refractivity contribution is 6.66. The van der Waals surface area contributed by atoms with Gasteiger partial charge < -0.3 is 4.74 Å². The summed E-state index contributed by atoms with van der Waals surface area (Å²) in [6.45, 7) is 4.82. The molecule has 0 unspecified atom stereocenters. The van der Waals surface area contributed by atoms with Crippen LogP contribution >= 0.6 is 34.8 Å². The molecule has 1 aromatic carbocycles. The molecule has 0 amide bonds. The van der Waals surface area contributed by atoms with Crippen LogP contribution in [0.15, 0.2) is 24.3 Å². The molecule has 0 atom stereocenters. The highest BCUT2D eigenvalue weighted by Gasteiger charge is 2.22. The molecule has 15 heavy (non-hydrogen) atoms. The van der Waals surface area contributed by atoms with E-state index in [1.54, 1.807) is 12.1 Å². The lowest BCUT2D eigenvalue weighted by Gasteiger charge is -2.14. The van der Waals surface area contributed by atoms with E-state index in [0.29, 0.717) is 18.1 Å². The predicted molar refractivity (Wildman–Crippen MR) is 66.0 cm³/mol. The second-order valence-electron chi connectivity index (χ2n) is 3.73. The molecule has 1 aromatic rings. The fraction of sp³-hybridized carbons (Fsp3) is 0.455. The summed E-state index contributed by atoms with van der Waals surface area (Å²) in [5, 5.41) is 0. The van der Waals surface area contributed by atoms with Crippen molar-refractivity contribution in [3.05, 3.63) is 29.8 Å². The van der Waals surface area contributed by atoms with Crippen LogP contribution in [0.25, 0.3) is 0 Å². The molecule has 84 valence electrons. The van der Waals surface area contributed by atoms with Crippen LogP contribution in [0.2, 0.25) is 0 Å². The van der Waals surface area contributed by atoms with Crippen LogP contribution in [0.5, 0.6) is 5.75 Å². The number of hydrogen-bond donors (Lipinski definition) is 0. The van der Waals surface area contributed by atoms with Crippen LogP contribution in [-0.2, 0) is 3.79 Å². The molecule has 4 heteroatoms. The van der Waals surface area contributed by atoms with Gasteiger partial charge in [-0.2, -0.15) is 0 Å². The molecule has 0 saturated carbocycles. The van der Waals surface area contributed by atoms with E-state index in [2.05, 4.69) is 13.8 Å². The van der Waals surface area contributed by atoms with Gasteiger partial charge in [-0.05, 0) is 18.1 Å². The minimum atomic E-state index is -1.39. The highest BCUT2D eigenvalue weighted by Crippen LogP contribution is 2.39. The maximum absolute atomic E-state index is 5.77. The summed E-state index contributed by atoms with van der Waals surface area (Å²) in [6, 6.07) is 7.17. The highest BCUT2D eigenvalue weighted by atomic mass is 35.6. The van der Waals surface area contributed by atoms with Gasteiger partial charge in [-0.15, -0.1) is 0 Å². The normalized spacial score (nSPS) is 11.9. The van der Waals surface area contributed by atoms with E-state index in [9.17, 15) is 0 Å². The van der Waals surface area contributed by atoms with Crippen molar-refractivity contribution in [1.29, 1.82) is 0 Å². The zero-order chi connectivity index (χ0) is 11.5. The van der Waals surface area contributed by atoms with E-state index in [1.165, 1.54) is 0 Å². The molecule has 1 nitrogen and oxygen atoms in total. The number of benzene rings is 1.